The Morgan fingerprint density at radius 3 is 2.14 bits per heavy atom. The zero-order valence-corrected chi connectivity index (χ0v) is 33.6. The molecule has 0 atom stereocenters. The van der Waals surface area contributed by atoms with Crippen LogP contribution in [0.2, 0.25) is 0 Å². The Labute approximate surface area is 335 Å². The zero-order valence-electron chi connectivity index (χ0n) is 32.0. The van der Waals surface area contributed by atoms with Crippen molar-refractivity contribution in [1.29, 1.82) is 0 Å². The average molecular weight is 755 g/mol. The molecular weight excluding hydrogens is 716 g/mol. The number of nitrogens with zero attached hydrogens (tertiary/aromatic N) is 2. The van der Waals surface area contributed by atoms with E-state index < -0.39 is 0 Å². The molecule has 268 valence electrons. The second-order valence-corrected chi connectivity index (χ2v) is 19.1. The van der Waals surface area contributed by atoms with E-state index in [0.717, 1.165) is 13.0 Å². The van der Waals surface area contributed by atoms with Crippen LogP contribution >= 0.6 is 22.7 Å². The molecule has 2 aliphatic rings. The van der Waals surface area contributed by atoms with Crippen LogP contribution in [0.1, 0.15) is 48.6 Å². The Kier molecular flexibility index (Phi) is 6.82. The van der Waals surface area contributed by atoms with Crippen molar-refractivity contribution in [3.05, 3.63) is 167 Å². The quantitative estimate of drug-likeness (QED) is 0.163. The number of fused-ring (bicyclic) bond motifs is 12. The van der Waals surface area contributed by atoms with Gasteiger partial charge in [-0.05, 0) is 110 Å². The van der Waals surface area contributed by atoms with E-state index in [0.29, 0.717) is 0 Å². The first-order valence-electron chi connectivity index (χ1n) is 19.8. The molecule has 0 saturated carbocycles. The van der Waals surface area contributed by atoms with Crippen molar-refractivity contribution >= 4 is 103 Å². The fourth-order valence-corrected chi connectivity index (χ4v) is 12.4. The van der Waals surface area contributed by atoms with Gasteiger partial charge >= 0.3 is 6.85 Å². The first kappa shape index (κ1) is 32.6. The summed E-state index contributed by atoms with van der Waals surface area (Å²) >= 11 is 3.89. The minimum absolute atomic E-state index is 0.0159. The molecule has 2 aliphatic heterocycles. The van der Waals surface area contributed by atoms with Gasteiger partial charge in [0.15, 0.2) is 0 Å². The average Bonchev–Trinajstić information content (AvgIpc) is 3.84. The van der Waals surface area contributed by atoms with Crippen molar-refractivity contribution in [1.82, 2.24) is 4.48 Å². The lowest BCUT2D eigenvalue weighted by Gasteiger charge is -2.39. The Balaban J connectivity index is 1.21. The lowest BCUT2D eigenvalue weighted by Crippen LogP contribution is -2.56. The lowest BCUT2D eigenvalue weighted by molar-refractivity contribution is 0.590. The number of benzene rings is 7. The Bertz CT molecular complexity index is 3270. The predicted octanol–water partition coefficient (Wildman–Crippen LogP) is 12.9. The second-order valence-electron chi connectivity index (χ2n) is 16.9. The number of aryl methyl sites for hydroxylation is 1. The number of rotatable bonds is 3. The third kappa shape index (κ3) is 4.56. The summed E-state index contributed by atoms with van der Waals surface area (Å²) in [6.45, 7) is 10.0. The van der Waals surface area contributed by atoms with Gasteiger partial charge in [0.2, 0.25) is 0 Å². The molecule has 2 nitrogen and oxygen atoms in total. The summed E-state index contributed by atoms with van der Waals surface area (Å²) in [5.41, 5.74) is 16.4. The maximum atomic E-state index is 2.78. The van der Waals surface area contributed by atoms with Crippen LogP contribution in [0, 0.1) is 6.92 Å². The molecule has 0 amide bonds. The number of thiophene rings is 2. The third-order valence-corrected chi connectivity index (χ3v) is 14.8. The highest BCUT2D eigenvalue weighted by Crippen LogP contribution is 2.47. The van der Waals surface area contributed by atoms with Crippen LogP contribution in [0.3, 0.4) is 0 Å². The van der Waals surface area contributed by atoms with Crippen LogP contribution in [-0.4, -0.2) is 11.3 Å². The van der Waals surface area contributed by atoms with Gasteiger partial charge in [0.05, 0.1) is 4.83 Å². The van der Waals surface area contributed by atoms with E-state index in [9.17, 15) is 0 Å². The molecule has 0 bridgehead atoms. The molecular formula is C51H39BN2S2. The standard InChI is InChI=1S/C51H39BN2S2/c1-30-25-34-27-32-15-12-18-38-45-36-16-8-11-20-43(36)56-50(45)54(49(32)38)52-47(34)41(26-30)53(40-23-24-44-46(48(40)52)37-17-9-10-19-42(37)55-44)29-33-21-22-35(51(2,3)4)28-39(33)31-13-6-5-7-14-31/h5-26,28H,27,29H2,1-4H3. The van der Waals surface area contributed by atoms with Crippen molar-refractivity contribution in [2.24, 2.45) is 0 Å². The normalized spacial score (nSPS) is 13.6. The van der Waals surface area contributed by atoms with E-state index in [2.05, 4.69) is 177 Å². The van der Waals surface area contributed by atoms with Crippen LogP contribution in [0.5, 0.6) is 0 Å². The first-order valence-corrected chi connectivity index (χ1v) is 21.4. The third-order valence-electron chi connectivity index (χ3n) is 12.5. The summed E-state index contributed by atoms with van der Waals surface area (Å²) in [5, 5.41) is 6.89. The monoisotopic (exact) mass is 754 g/mol. The number of aromatic nitrogens is 1. The lowest BCUT2D eigenvalue weighted by atomic mass is 9.46. The van der Waals surface area contributed by atoms with Gasteiger partial charge in [0.1, 0.15) is 0 Å². The largest absolute Gasteiger partial charge is 0.367 e. The van der Waals surface area contributed by atoms with Gasteiger partial charge in [-0.25, -0.2) is 0 Å². The molecule has 5 heterocycles. The highest BCUT2D eigenvalue weighted by molar-refractivity contribution is 7.27. The summed E-state index contributed by atoms with van der Waals surface area (Å²) in [6.07, 6.45) is 0.909. The van der Waals surface area contributed by atoms with Gasteiger partial charge in [0.25, 0.3) is 0 Å². The van der Waals surface area contributed by atoms with Crippen LogP contribution in [0.25, 0.3) is 62.5 Å². The zero-order chi connectivity index (χ0) is 37.4. The van der Waals surface area contributed by atoms with E-state index in [4.69, 9.17) is 0 Å². The summed E-state index contributed by atoms with van der Waals surface area (Å²) in [5.74, 6) is 0. The maximum absolute atomic E-state index is 2.78. The van der Waals surface area contributed by atoms with Crippen molar-refractivity contribution in [2.45, 2.75) is 46.1 Å². The minimum atomic E-state index is 0.0159. The Morgan fingerprint density at radius 2 is 1.34 bits per heavy atom. The summed E-state index contributed by atoms with van der Waals surface area (Å²) in [7, 11) is 0. The topological polar surface area (TPSA) is 8.17 Å². The van der Waals surface area contributed by atoms with Crippen molar-refractivity contribution in [2.75, 3.05) is 4.90 Å². The molecule has 0 fully saturated rings. The van der Waals surface area contributed by atoms with E-state index in [1.54, 1.807) is 0 Å². The predicted molar refractivity (Wildman–Crippen MR) is 245 cm³/mol. The van der Waals surface area contributed by atoms with E-state index >= 15 is 0 Å². The highest BCUT2D eigenvalue weighted by Gasteiger charge is 2.43. The summed E-state index contributed by atoms with van der Waals surface area (Å²) in [6, 6.07) is 53.2. The SMILES string of the molecule is Cc1cc2c3c(c1)N(Cc1ccc(C(C)(C)C)cc1-c1ccccc1)c1ccc4sc5ccccc5c4c1B3n1c3sc4ccccc4c3c3cccc(c31)C2. The fourth-order valence-electron chi connectivity index (χ4n) is 10.1. The van der Waals surface area contributed by atoms with Crippen molar-refractivity contribution in [3.63, 3.8) is 0 Å². The van der Waals surface area contributed by atoms with Gasteiger partial charge in [-0.3, -0.25) is 0 Å². The molecule has 0 unspecified atom stereocenters. The van der Waals surface area contributed by atoms with Gasteiger partial charge in [-0.2, -0.15) is 0 Å². The molecule has 12 rings (SSSR count). The van der Waals surface area contributed by atoms with Crippen molar-refractivity contribution in [3.8, 4) is 11.1 Å². The molecule has 7 aromatic carbocycles. The van der Waals surface area contributed by atoms with Crippen LogP contribution in [-0.2, 0) is 18.4 Å². The van der Waals surface area contributed by atoms with Crippen LogP contribution in [0.4, 0.5) is 11.4 Å². The highest BCUT2D eigenvalue weighted by atomic mass is 32.1. The van der Waals surface area contributed by atoms with Gasteiger partial charge in [0, 0.05) is 53.7 Å². The van der Waals surface area contributed by atoms with Gasteiger partial charge in [-0.1, -0.05) is 130 Å². The number of hydrogen-bond donors (Lipinski definition) is 0. The van der Waals surface area contributed by atoms with E-state index in [1.165, 1.54) is 113 Å². The maximum Gasteiger partial charge on any atom is 0.334 e. The van der Waals surface area contributed by atoms with Gasteiger partial charge < -0.3 is 9.38 Å². The molecule has 5 heteroatoms. The molecule has 0 radical (unpaired) electrons. The summed E-state index contributed by atoms with van der Waals surface area (Å²) in [4.78, 5) is 4.05. The molecule has 0 spiro atoms. The number of anilines is 2. The molecule has 0 saturated heterocycles. The Hall–Kier alpha value is -5.62. The number of para-hydroxylation sites is 1. The number of hydrogen-bond acceptors (Lipinski definition) is 3. The molecule has 0 aliphatic carbocycles. The van der Waals surface area contributed by atoms with E-state index in [-0.39, 0.29) is 12.3 Å². The van der Waals surface area contributed by atoms with Gasteiger partial charge in [-0.15, -0.1) is 22.7 Å². The second kappa shape index (κ2) is 11.7. The Morgan fingerprint density at radius 1 is 0.607 bits per heavy atom. The fraction of sp³-hybridized carbons (Fsp3) is 0.137. The smallest absolute Gasteiger partial charge is 0.334 e. The van der Waals surface area contributed by atoms with E-state index in [1.807, 2.05) is 22.7 Å². The molecule has 56 heavy (non-hydrogen) atoms. The van der Waals surface area contributed by atoms with Crippen LogP contribution in [0.15, 0.2) is 140 Å². The molecule has 3 aromatic heterocycles. The minimum Gasteiger partial charge on any atom is -0.367 e. The summed E-state index contributed by atoms with van der Waals surface area (Å²) < 4.78 is 6.84. The van der Waals surface area contributed by atoms with Crippen molar-refractivity contribution < 1.29 is 0 Å². The molecule has 0 N–H and O–H groups in total. The first-order chi connectivity index (χ1) is 27.3. The van der Waals surface area contributed by atoms with Crippen LogP contribution < -0.4 is 15.8 Å². The molecule has 10 aromatic rings.